The summed E-state index contributed by atoms with van der Waals surface area (Å²) in [6.45, 7) is 1.93. The molecular weight excluding hydrogens is 442 g/mol. The van der Waals surface area contributed by atoms with E-state index in [1.165, 1.54) is 13.3 Å². The predicted octanol–water partition coefficient (Wildman–Crippen LogP) is 4.62. The third kappa shape index (κ3) is 3.95. The number of ether oxygens (including phenoxy) is 1. The lowest BCUT2D eigenvalue weighted by atomic mass is 10.0. The molecule has 5 aromatic rings. The van der Waals surface area contributed by atoms with E-state index in [1.54, 1.807) is 23.7 Å². The van der Waals surface area contributed by atoms with Gasteiger partial charge in [0.1, 0.15) is 5.82 Å². The number of esters is 1. The molecule has 8 heteroatoms. The lowest BCUT2D eigenvalue weighted by Gasteiger charge is -2.15. The molecule has 2 heterocycles. The van der Waals surface area contributed by atoms with E-state index < -0.39 is 5.97 Å². The van der Waals surface area contributed by atoms with Crippen molar-refractivity contribution >= 4 is 28.5 Å². The van der Waals surface area contributed by atoms with Crippen molar-refractivity contribution in [2.75, 3.05) is 12.4 Å². The van der Waals surface area contributed by atoms with Crippen molar-refractivity contribution in [2.45, 2.75) is 6.92 Å². The maximum absolute atomic E-state index is 12.4. The Hall–Kier alpha value is -4.72. The molecule has 0 unspecified atom stereocenters. The topological polar surface area (TPSA) is 91.0 Å². The van der Waals surface area contributed by atoms with Crippen LogP contribution in [0.15, 0.2) is 83.8 Å². The summed E-state index contributed by atoms with van der Waals surface area (Å²) in [6.07, 6.45) is 1.32. The van der Waals surface area contributed by atoms with Gasteiger partial charge in [0, 0.05) is 12.6 Å². The molecule has 0 fully saturated rings. The van der Waals surface area contributed by atoms with Gasteiger partial charge in [-0.3, -0.25) is 4.79 Å². The van der Waals surface area contributed by atoms with Crippen LogP contribution in [0.1, 0.15) is 16.1 Å². The maximum Gasteiger partial charge on any atom is 0.339 e. The van der Waals surface area contributed by atoms with Gasteiger partial charge in [0.15, 0.2) is 0 Å². The van der Waals surface area contributed by atoms with E-state index in [0.717, 1.165) is 28.0 Å². The maximum atomic E-state index is 12.4. The van der Waals surface area contributed by atoms with Gasteiger partial charge in [-0.05, 0) is 48.9 Å². The molecule has 3 aromatic carbocycles. The van der Waals surface area contributed by atoms with Crippen LogP contribution in [0.3, 0.4) is 0 Å². The molecule has 35 heavy (non-hydrogen) atoms. The summed E-state index contributed by atoms with van der Waals surface area (Å²) in [6, 6.07) is 22.7. The number of nitrogens with one attached hydrogen (secondary N) is 1. The average Bonchev–Trinajstić information content (AvgIpc) is 3.22. The number of benzene rings is 3. The minimum absolute atomic E-state index is 0.184. The van der Waals surface area contributed by atoms with Gasteiger partial charge in [-0.2, -0.15) is 5.10 Å². The van der Waals surface area contributed by atoms with Crippen molar-refractivity contribution in [3.63, 3.8) is 0 Å². The number of carbonyl (C=O) groups is 1. The molecule has 174 valence electrons. The number of methoxy groups -OCH3 is 1. The zero-order chi connectivity index (χ0) is 24.5. The molecule has 0 radical (unpaired) electrons. The normalized spacial score (nSPS) is 10.9. The van der Waals surface area contributed by atoms with Gasteiger partial charge in [-0.15, -0.1) is 0 Å². The van der Waals surface area contributed by atoms with Crippen LogP contribution in [0.4, 0.5) is 11.5 Å². The van der Waals surface area contributed by atoms with E-state index in [1.807, 2.05) is 72.3 Å². The highest BCUT2D eigenvalue weighted by Crippen LogP contribution is 2.37. The number of aryl methyl sites for hydroxylation is 2. The Morgan fingerprint density at radius 2 is 1.74 bits per heavy atom. The van der Waals surface area contributed by atoms with E-state index in [-0.39, 0.29) is 5.56 Å². The minimum Gasteiger partial charge on any atom is -0.465 e. The second-order valence-electron chi connectivity index (χ2n) is 8.08. The predicted molar refractivity (Wildman–Crippen MR) is 135 cm³/mol. The summed E-state index contributed by atoms with van der Waals surface area (Å²) >= 11 is 0. The summed E-state index contributed by atoms with van der Waals surface area (Å²) in [7, 11) is 3.08. The van der Waals surface area contributed by atoms with Gasteiger partial charge in [-0.25, -0.2) is 14.5 Å². The van der Waals surface area contributed by atoms with Gasteiger partial charge >= 0.3 is 5.97 Å². The molecule has 8 nitrogen and oxygen atoms in total. The first-order chi connectivity index (χ1) is 17.0. The number of hydrogen-bond acceptors (Lipinski definition) is 6. The Kier molecular flexibility index (Phi) is 5.62. The highest BCUT2D eigenvalue weighted by molar-refractivity contribution is 5.97. The largest absolute Gasteiger partial charge is 0.465 e. The molecule has 0 aliphatic heterocycles. The molecule has 0 bridgehead atoms. The lowest BCUT2D eigenvalue weighted by Crippen LogP contribution is -2.16. The molecule has 0 atom stereocenters. The number of anilines is 2. The van der Waals surface area contributed by atoms with Gasteiger partial charge in [0.2, 0.25) is 0 Å². The number of aromatic nitrogens is 4. The zero-order valence-corrected chi connectivity index (χ0v) is 19.5. The summed E-state index contributed by atoms with van der Waals surface area (Å²) in [5.41, 5.74) is 5.57. The number of nitrogens with zero attached hydrogens (tertiary/aromatic N) is 4. The van der Waals surface area contributed by atoms with Crippen LogP contribution in [0, 0.1) is 6.92 Å². The lowest BCUT2D eigenvalue weighted by molar-refractivity contribution is 0.0602. The molecule has 0 saturated heterocycles. The summed E-state index contributed by atoms with van der Waals surface area (Å²) in [4.78, 5) is 28.9. The minimum atomic E-state index is -0.441. The van der Waals surface area contributed by atoms with Crippen LogP contribution in [-0.4, -0.2) is 32.4 Å². The van der Waals surface area contributed by atoms with E-state index in [9.17, 15) is 9.59 Å². The Balaban J connectivity index is 1.75. The van der Waals surface area contributed by atoms with Crippen LogP contribution in [-0.2, 0) is 11.8 Å². The fraction of sp³-hybridized carbons (Fsp3) is 0.111. The van der Waals surface area contributed by atoms with Crippen molar-refractivity contribution in [3.05, 3.63) is 101 Å². The molecule has 0 saturated carbocycles. The molecule has 0 aliphatic rings. The molecular formula is C27H23N5O3. The third-order valence-corrected chi connectivity index (χ3v) is 5.92. The molecule has 5 rings (SSSR count). The van der Waals surface area contributed by atoms with Crippen LogP contribution >= 0.6 is 0 Å². The first-order valence-corrected chi connectivity index (χ1v) is 11.0. The van der Waals surface area contributed by atoms with Gasteiger partial charge in [0.25, 0.3) is 5.56 Å². The molecule has 0 spiro atoms. The Bertz CT molecular complexity index is 1620. The summed E-state index contributed by atoms with van der Waals surface area (Å²) < 4.78 is 8.36. The Morgan fingerprint density at radius 3 is 2.51 bits per heavy atom. The van der Waals surface area contributed by atoms with Crippen LogP contribution in [0.2, 0.25) is 0 Å². The smallest absolute Gasteiger partial charge is 0.339 e. The zero-order valence-electron chi connectivity index (χ0n) is 19.5. The van der Waals surface area contributed by atoms with E-state index >= 15 is 0 Å². The fourth-order valence-electron chi connectivity index (χ4n) is 4.14. The third-order valence-electron chi connectivity index (χ3n) is 5.92. The number of carbonyl (C=O) groups excluding carboxylic acids is 1. The average molecular weight is 466 g/mol. The highest BCUT2D eigenvalue weighted by atomic mass is 16.5. The van der Waals surface area contributed by atoms with Crippen molar-refractivity contribution in [1.82, 2.24) is 19.3 Å². The van der Waals surface area contributed by atoms with Crippen LogP contribution in [0.25, 0.3) is 27.8 Å². The number of fused-ring (bicyclic) bond motifs is 1. The van der Waals surface area contributed by atoms with Crippen molar-refractivity contribution in [1.29, 1.82) is 0 Å². The van der Waals surface area contributed by atoms with Crippen molar-refractivity contribution < 1.29 is 9.53 Å². The first kappa shape index (κ1) is 22.1. The van der Waals surface area contributed by atoms with Crippen molar-refractivity contribution in [2.24, 2.45) is 7.05 Å². The van der Waals surface area contributed by atoms with Gasteiger partial charge < -0.3 is 14.6 Å². The molecule has 2 aromatic heterocycles. The molecule has 1 N–H and O–H groups in total. The fourth-order valence-corrected chi connectivity index (χ4v) is 4.14. The summed E-state index contributed by atoms with van der Waals surface area (Å²) in [5.74, 6) is 0.238. The van der Waals surface area contributed by atoms with E-state index in [0.29, 0.717) is 22.6 Å². The van der Waals surface area contributed by atoms with Crippen molar-refractivity contribution in [3.8, 4) is 16.8 Å². The van der Waals surface area contributed by atoms with Gasteiger partial charge in [-0.1, -0.05) is 36.4 Å². The quantitative estimate of drug-likeness (QED) is 0.381. The second-order valence-corrected chi connectivity index (χ2v) is 8.08. The van der Waals surface area contributed by atoms with Gasteiger partial charge in [0.05, 0.1) is 47.0 Å². The van der Waals surface area contributed by atoms with E-state index in [4.69, 9.17) is 9.84 Å². The monoisotopic (exact) mass is 465 g/mol. The van der Waals surface area contributed by atoms with Crippen LogP contribution in [0.5, 0.6) is 0 Å². The Labute approximate surface area is 201 Å². The second kappa shape index (κ2) is 8.90. The number of hydrogen-bond donors (Lipinski definition) is 1. The highest BCUT2D eigenvalue weighted by Gasteiger charge is 2.21. The Morgan fingerprint density at radius 1 is 1.00 bits per heavy atom. The standard InChI is InChI=1S/C27H23N5O3/c1-17-25(18-13-14-22-23(15-18)31(2)24(33)16-28-22)26(32(30-17)19-9-5-4-6-10-19)29-21-12-8-7-11-20(21)27(34)35-3/h4-16,29H,1-3H3. The first-order valence-electron chi connectivity index (χ1n) is 11.0. The SMILES string of the molecule is COC(=O)c1ccccc1Nc1c(-c2ccc3ncc(=O)n(C)c3c2)c(C)nn1-c1ccccc1. The van der Waals surface area contributed by atoms with E-state index in [2.05, 4.69) is 10.3 Å². The summed E-state index contributed by atoms with van der Waals surface area (Å²) in [5, 5.41) is 8.25. The molecule has 0 aliphatic carbocycles. The van der Waals surface area contributed by atoms with Crippen LogP contribution < -0.4 is 10.9 Å². The molecule has 0 amide bonds. The number of para-hydroxylation sites is 2. The number of rotatable bonds is 5.